The average Bonchev–Trinajstić information content (AvgIpc) is 2.66. The molecule has 1 atom stereocenters. The first-order valence-corrected chi connectivity index (χ1v) is 4.83. The molecule has 0 spiro atoms. The Labute approximate surface area is 83.2 Å². The van der Waals surface area contributed by atoms with E-state index in [1.54, 1.807) is 11.8 Å². The number of likely N-dealkylation sites (tertiary alicyclic amines) is 1. The number of carbonyl (C=O) groups excluding carboxylic acids is 2. The van der Waals surface area contributed by atoms with Gasteiger partial charge in [0.2, 0.25) is 0 Å². The highest BCUT2D eigenvalue weighted by atomic mass is 16.6. The Balaban J connectivity index is 2.41. The molecular weight excluding hydrogens is 184 g/mol. The van der Waals surface area contributed by atoms with Crippen LogP contribution in [-0.2, 0) is 9.53 Å². The summed E-state index contributed by atoms with van der Waals surface area (Å²) in [7, 11) is 0. The second-order valence-electron chi connectivity index (χ2n) is 3.30. The molecule has 1 heterocycles. The summed E-state index contributed by atoms with van der Waals surface area (Å²) in [4.78, 5) is 24.1. The number of ketones is 1. The van der Waals surface area contributed by atoms with Crippen LogP contribution in [0.5, 0.6) is 0 Å². The van der Waals surface area contributed by atoms with Crippen LogP contribution in [0.2, 0.25) is 0 Å². The van der Waals surface area contributed by atoms with Crippen molar-refractivity contribution in [2.45, 2.75) is 13.3 Å². The summed E-state index contributed by atoms with van der Waals surface area (Å²) in [6.07, 6.45) is 0.370. The molecule has 0 aromatic carbocycles. The van der Waals surface area contributed by atoms with Crippen molar-refractivity contribution in [2.24, 2.45) is 11.7 Å². The molecule has 0 saturated carbocycles. The molecule has 1 aliphatic heterocycles. The van der Waals surface area contributed by atoms with Gasteiger partial charge in [0.15, 0.2) is 5.78 Å². The molecule has 0 radical (unpaired) electrons. The number of rotatable bonds is 3. The standard InChI is InChI=1S/C9H16N2O3/c1-2-14-9(13)11-4-3-7(6-11)8(12)5-10/h7H,2-6,10H2,1H3. The number of nitrogens with zero attached hydrogens (tertiary/aromatic N) is 1. The van der Waals surface area contributed by atoms with E-state index in [9.17, 15) is 9.59 Å². The van der Waals surface area contributed by atoms with Crippen molar-refractivity contribution in [3.8, 4) is 0 Å². The third kappa shape index (κ3) is 2.45. The van der Waals surface area contributed by atoms with Gasteiger partial charge in [-0.25, -0.2) is 4.79 Å². The van der Waals surface area contributed by atoms with Crippen LogP contribution in [0.15, 0.2) is 0 Å². The van der Waals surface area contributed by atoms with Crippen molar-refractivity contribution in [1.29, 1.82) is 0 Å². The monoisotopic (exact) mass is 200 g/mol. The van der Waals surface area contributed by atoms with E-state index < -0.39 is 0 Å². The molecule has 1 amide bonds. The predicted molar refractivity (Wildman–Crippen MR) is 50.8 cm³/mol. The summed E-state index contributed by atoms with van der Waals surface area (Å²) in [5.74, 6) is -0.0683. The Kier molecular flexibility index (Phi) is 3.88. The van der Waals surface area contributed by atoms with E-state index in [2.05, 4.69) is 0 Å². The largest absolute Gasteiger partial charge is 0.450 e. The fourth-order valence-corrected chi connectivity index (χ4v) is 1.57. The topological polar surface area (TPSA) is 72.6 Å². The van der Waals surface area contributed by atoms with Crippen LogP contribution in [0.3, 0.4) is 0 Å². The summed E-state index contributed by atoms with van der Waals surface area (Å²) >= 11 is 0. The van der Waals surface area contributed by atoms with Gasteiger partial charge < -0.3 is 15.4 Å². The molecule has 0 aromatic heterocycles. The van der Waals surface area contributed by atoms with Crippen LogP contribution in [-0.4, -0.2) is 43.0 Å². The van der Waals surface area contributed by atoms with Crippen LogP contribution in [0.4, 0.5) is 4.79 Å². The molecule has 5 heteroatoms. The van der Waals surface area contributed by atoms with Crippen molar-refractivity contribution in [1.82, 2.24) is 4.90 Å². The van der Waals surface area contributed by atoms with Crippen molar-refractivity contribution < 1.29 is 14.3 Å². The summed E-state index contributed by atoms with van der Waals surface area (Å²) in [6.45, 7) is 3.23. The molecule has 0 aromatic rings. The fourth-order valence-electron chi connectivity index (χ4n) is 1.57. The van der Waals surface area contributed by atoms with E-state index >= 15 is 0 Å². The van der Waals surface area contributed by atoms with Crippen molar-refractivity contribution in [3.63, 3.8) is 0 Å². The van der Waals surface area contributed by atoms with Crippen LogP contribution < -0.4 is 5.73 Å². The second kappa shape index (κ2) is 4.95. The van der Waals surface area contributed by atoms with Gasteiger partial charge in [0.1, 0.15) is 0 Å². The maximum absolute atomic E-state index is 11.3. The lowest BCUT2D eigenvalue weighted by atomic mass is 10.0. The first-order valence-electron chi connectivity index (χ1n) is 4.83. The van der Waals surface area contributed by atoms with Gasteiger partial charge in [-0.15, -0.1) is 0 Å². The van der Waals surface area contributed by atoms with Crippen LogP contribution in [0.1, 0.15) is 13.3 Å². The molecule has 2 N–H and O–H groups in total. The summed E-state index contributed by atoms with van der Waals surface area (Å²) in [6, 6.07) is 0. The fraction of sp³-hybridized carbons (Fsp3) is 0.778. The van der Waals surface area contributed by atoms with E-state index in [4.69, 9.17) is 10.5 Å². The maximum atomic E-state index is 11.3. The third-order valence-corrected chi connectivity index (χ3v) is 2.37. The van der Waals surface area contributed by atoms with E-state index in [0.29, 0.717) is 26.1 Å². The van der Waals surface area contributed by atoms with Crippen molar-refractivity contribution >= 4 is 11.9 Å². The number of hydrogen-bond acceptors (Lipinski definition) is 4. The van der Waals surface area contributed by atoms with Crippen LogP contribution >= 0.6 is 0 Å². The second-order valence-corrected chi connectivity index (χ2v) is 3.30. The zero-order chi connectivity index (χ0) is 10.6. The highest BCUT2D eigenvalue weighted by Gasteiger charge is 2.30. The molecule has 1 saturated heterocycles. The predicted octanol–water partition coefficient (Wildman–Crippen LogP) is -0.00740. The van der Waals surface area contributed by atoms with Gasteiger partial charge in [0.25, 0.3) is 0 Å². The minimum Gasteiger partial charge on any atom is -0.450 e. The Morgan fingerprint density at radius 1 is 1.57 bits per heavy atom. The number of Topliss-reactive ketones (excluding diaryl/α,β-unsaturated/α-hetero) is 1. The first kappa shape index (κ1) is 11.0. The summed E-state index contributed by atoms with van der Waals surface area (Å²) < 4.78 is 4.83. The van der Waals surface area contributed by atoms with Gasteiger partial charge >= 0.3 is 6.09 Å². The van der Waals surface area contributed by atoms with Crippen molar-refractivity contribution in [2.75, 3.05) is 26.2 Å². The molecule has 5 nitrogen and oxygen atoms in total. The third-order valence-electron chi connectivity index (χ3n) is 2.37. The van der Waals surface area contributed by atoms with E-state index in [-0.39, 0.29) is 24.3 Å². The smallest absolute Gasteiger partial charge is 0.409 e. The lowest BCUT2D eigenvalue weighted by Gasteiger charge is -2.14. The van der Waals surface area contributed by atoms with Gasteiger partial charge in [-0.05, 0) is 13.3 Å². The zero-order valence-corrected chi connectivity index (χ0v) is 8.36. The average molecular weight is 200 g/mol. The van der Waals surface area contributed by atoms with Crippen molar-refractivity contribution in [3.05, 3.63) is 0 Å². The minimum absolute atomic E-state index is 0.0248. The van der Waals surface area contributed by atoms with E-state index in [0.717, 1.165) is 0 Å². The number of nitrogens with two attached hydrogens (primary N) is 1. The van der Waals surface area contributed by atoms with E-state index in [1.165, 1.54) is 0 Å². The van der Waals surface area contributed by atoms with Gasteiger partial charge in [-0.1, -0.05) is 0 Å². The normalized spacial score (nSPS) is 21.0. The van der Waals surface area contributed by atoms with Gasteiger partial charge in [-0.3, -0.25) is 4.79 Å². The maximum Gasteiger partial charge on any atom is 0.409 e. The number of amides is 1. The Hall–Kier alpha value is -1.10. The van der Waals surface area contributed by atoms with E-state index in [1.807, 2.05) is 0 Å². The van der Waals surface area contributed by atoms with Gasteiger partial charge in [0.05, 0.1) is 13.2 Å². The first-order chi connectivity index (χ1) is 6.69. The lowest BCUT2D eigenvalue weighted by Crippen LogP contribution is -2.31. The molecule has 1 rings (SSSR count). The SMILES string of the molecule is CCOC(=O)N1CCC(C(=O)CN)C1. The lowest BCUT2D eigenvalue weighted by molar-refractivity contribution is -0.121. The Morgan fingerprint density at radius 3 is 2.86 bits per heavy atom. The number of carbonyl (C=O) groups is 2. The molecule has 1 unspecified atom stereocenters. The highest BCUT2D eigenvalue weighted by Crippen LogP contribution is 2.17. The Bertz CT molecular complexity index is 230. The number of hydrogen-bond donors (Lipinski definition) is 1. The highest BCUT2D eigenvalue weighted by molar-refractivity contribution is 5.84. The molecule has 14 heavy (non-hydrogen) atoms. The molecule has 0 aliphatic carbocycles. The van der Waals surface area contributed by atoms with Gasteiger partial charge in [-0.2, -0.15) is 0 Å². The quantitative estimate of drug-likeness (QED) is 0.695. The Morgan fingerprint density at radius 2 is 2.29 bits per heavy atom. The number of ether oxygens (including phenoxy) is 1. The molecule has 80 valence electrons. The van der Waals surface area contributed by atoms with Crippen LogP contribution in [0, 0.1) is 5.92 Å². The molecular formula is C9H16N2O3. The molecule has 1 fully saturated rings. The van der Waals surface area contributed by atoms with Crippen LogP contribution in [0.25, 0.3) is 0 Å². The summed E-state index contributed by atoms with van der Waals surface area (Å²) in [5.41, 5.74) is 5.25. The van der Waals surface area contributed by atoms with Gasteiger partial charge in [0, 0.05) is 19.0 Å². The zero-order valence-electron chi connectivity index (χ0n) is 8.36. The molecule has 1 aliphatic rings. The summed E-state index contributed by atoms with van der Waals surface area (Å²) in [5, 5.41) is 0. The molecule has 0 bridgehead atoms. The minimum atomic E-state index is -0.333.